The summed E-state index contributed by atoms with van der Waals surface area (Å²) in [6.45, 7) is 1.46. The molecule has 2 aromatic carbocycles. The molecule has 2 aromatic heterocycles. The van der Waals surface area contributed by atoms with Gasteiger partial charge in [0.25, 0.3) is 0 Å². The van der Waals surface area contributed by atoms with Gasteiger partial charge in [0.05, 0.1) is 12.1 Å². The van der Waals surface area contributed by atoms with Crippen molar-refractivity contribution in [1.29, 1.82) is 0 Å². The Labute approximate surface area is 174 Å². The van der Waals surface area contributed by atoms with Crippen LogP contribution in [0, 0.1) is 0 Å². The Hall–Kier alpha value is -3.74. The highest BCUT2D eigenvalue weighted by molar-refractivity contribution is 5.92. The van der Waals surface area contributed by atoms with E-state index in [-0.39, 0.29) is 0 Å². The fraction of sp³-hybridized carbons (Fsp3) is 0.217. The van der Waals surface area contributed by atoms with E-state index in [4.69, 9.17) is 9.72 Å². The zero-order valence-electron chi connectivity index (χ0n) is 16.5. The van der Waals surface area contributed by atoms with Gasteiger partial charge in [-0.2, -0.15) is 0 Å². The minimum absolute atomic E-state index is 0.522. The number of benzene rings is 2. The van der Waals surface area contributed by atoms with Crippen LogP contribution in [0.2, 0.25) is 0 Å². The molecule has 1 aliphatic heterocycles. The van der Waals surface area contributed by atoms with Crippen LogP contribution in [0.25, 0.3) is 21.8 Å². The topological polar surface area (TPSA) is 84.9 Å². The van der Waals surface area contributed by atoms with E-state index in [1.807, 2.05) is 42.6 Å². The molecule has 7 heteroatoms. The lowest BCUT2D eigenvalue weighted by molar-refractivity contribution is 0.315. The number of aromatic nitrogens is 4. The van der Waals surface area contributed by atoms with Gasteiger partial charge in [0.15, 0.2) is 0 Å². The van der Waals surface area contributed by atoms with Gasteiger partial charge in [-0.3, -0.25) is 0 Å². The molecular formula is C23H22N6O. The third kappa shape index (κ3) is 3.87. The highest BCUT2D eigenvalue weighted by Crippen LogP contribution is 2.27. The number of hydrogen-bond donors (Lipinski definition) is 2. The van der Waals surface area contributed by atoms with Gasteiger partial charge in [-0.1, -0.05) is 24.3 Å². The molecule has 0 saturated carbocycles. The first kappa shape index (κ1) is 18.3. The van der Waals surface area contributed by atoms with Crippen molar-refractivity contribution in [3.8, 4) is 5.75 Å². The Morgan fingerprint density at radius 3 is 2.93 bits per heavy atom. The van der Waals surface area contributed by atoms with Gasteiger partial charge in [-0.15, -0.1) is 0 Å². The molecule has 0 atom stereocenters. The highest BCUT2D eigenvalue weighted by Gasteiger charge is 2.09. The summed E-state index contributed by atoms with van der Waals surface area (Å²) in [7, 11) is 0. The van der Waals surface area contributed by atoms with Crippen LogP contribution in [0.15, 0.2) is 61.1 Å². The summed E-state index contributed by atoms with van der Waals surface area (Å²) >= 11 is 0. The lowest BCUT2D eigenvalue weighted by Crippen LogP contribution is -2.04. The van der Waals surface area contributed by atoms with Crippen molar-refractivity contribution in [2.24, 2.45) is 0 Å². The maximum Gasteiger partial charge on any atom is 0.227 e. The summed E-state index contributed by atoms with van der Waals surface area (Å²) in [5.41, 5.74) is 2.57. The lowest BCUT2D eigenvalue weighted by atomic mass is 10.2. The molecule has 0 fully saturated rings. The zero-order valence-corrected chi connectivity index (χ0v) is 16.5. The number of ether oxygens (including phenoxy) is 1. The Morgan fingerprint density at radius 1 is 0.967 bits per heavy atom. The molecule has 0 aliphatic carbocycles. The highest BCUT2D eigenvalue weighted by atomic mass is 16.5. The number of anilines is 3. The van der Waals surface area contributed by atoms with E-state index in [0.29, 0.717) is 12.6 Å². The van der Waals surface area contributed by atoms with Crippen LogP contribution < -0.4 is 15.4 Å². The molecule has 3 heterocycles. The van der Waals surface area contributed by atoms with Crippen molar-refractivity contribution in [3.63, 3.8) is 0 Å². The van der Waals surface area contributed by atoms with E-state index >= 15 is 0 Å². The molecule has 0 amide bonds. The van der Waals surface area contributed by atoms with Crippen molar-refractivity contribution in [3.05, 3.63) is 61.1 Å². The summed E-state index contributed by atoms with van der Waals surface area (Å²) in [6, 6.07) is 11.9. The van der Waals surface area contributed by atoms with Crippen molar-refractivity contribution in [1.82, 2.24) is 19.9 Å². The number of nitrogens with one attached hydrogen (secondary N) is 2. The monoisotopic (exact) mass is 398 g/mol. The normalized spacial score (nSPS) is 15.7. The fourth-order valence-corrected chi connectivity index (χ4v) is 3.50. The molecule has 1 aliphatic rings. The number of rotatable bonds is 0. The molecule has 4 aromatic rings. The van der Waals surface area contributed by atoms with Gasteiger partial charge in [0.2, 0.25) is 5.95 Å². The van der Waals surface area contributed by atoms with Crippen LogP contribution in [-0.4, -0.2) is 33.1 Å². The molecule has 0 radical (unpaired) electrons. The summed E-state index contributed by atoms with van der Waals surface area (Å²) < 4.78 is 6.02. The number of para-hydroxylation sites is 1. The van der Waals surface area contributed by atoms with Gasteiger partial charge in [0.1, 0.15) is 23.4 Å². The molecule has 0 unspecified atom stereocenters. The maximum absolute atomic E-state index is 6.02. The first-order valence-electron chi connectivity index (χ1n) is 10.2. The first-order valence-corrected chi connectivity index (χ1v) is 10.2. The van der Waals surface area contributed by atoms with Crippen molar-refractivity contribution in [2.75, 3.05) is 23.8 Å². The van der Waals surface area contributed by atoms with Gasteiger partial charge in [-0.25, -0.2) is 19.9 Å². The number of nitrogens with zero attached hydrogens (tertiary/aromatic N) is 4. The van der Waals surface area contributed by atoms with Gasteiger partial charge in [0, 0.05) is 29.2 Å². The zero-order chi connectivity index (χ0) is 20.2. The minimum Gasteiger partial charge on any atom is -0.491 e. The molecule has 2 N–H and O–H groups in total. The van der Waals surface area contributed by atoms with Gasteiger partial charge < -0.3 is 15.4 Å². The summed E-state index contributed by atoms with van der Waals surface area (Å²) in [4.78, 5) is 18.0. The van der Waals surface area contributed by atoms with Crippen LogP contribution in [0.5, 0.6) is 5.75 Å². The quantitative estimate of drug-likeness (QED) is 0.410. The third-order valence-electron chi connectivity index (χ3n) is 5.01. The molecule has 0 spiro atoms. The Kier molecular flexibility index (Phi) is 5.08. The van der Waals surface area contributed by atoms with Gasteiger partial charge in [-0.05, 0) is 43.5 Å². The molecule has 7 nitrogen and oxygen atoms in total. The smallest absolute Gasteiger partial charge is 0.227 e. The van der Waals surface area contributed by atoms with Gasteiger partial charge >= 0.3 is 0 Å². The van der Waals surface area contributed by atoms with Crippen LogP contribution in [0.1, 0.15) is 19.3 Å². The standard InChI is InChI=1S/C23H22N6O/c1-2-4-11-24-22-18-13-17(9-10-19(18)26-15-27-22)28-23-25-14-16-7-6-8-20(21(16)29-23)30-12-5-3-1/h1-2,6-10,13-15H,3-5,11-12H2,(H,24,26,27)(H,25,28,29)/b2-1+. The molecule has 0 saturated heterocycles. The van der Waals surface area contributed by atoms with E-state index in [9.17, 15) is 0 Å². The Bertz CT molecular complexity index is 1220. The summed E-state index contributed by atoms with van der Waals surface area (Å²) in [5.74, 6) is 2.13. The number of hydrogen-bond acceptors (Lipinski definition) is 7. The van der Waals surface area contributed by atoms with Crippen LogP contribution in [0.4, 0.5) is 17.5 Å². The molecular weight excluding hydrogens is 376 g/mol. The molecule has 5 rings (SSSR count). The fourth-order valence-electron chi connectivity index (χ4n) is 3.50. The van der Waals surface area contributed by atoms with Crippen LogP contribution in [0.3, 0.4) is 0 Å². The van der Waals surface area contributed by atoms with Crippen LogP contribution >= 0.6 is 0 Å². The van der Waals surface area contributed by atoms with E-state index in [1.165, 1.54) is 0 Å². The summed E-state index contributed by atoms with van der Waals surface area (Å²) in [5, 5.41) is 8.63. The van der Waals surface area contributed by atoms with E-state index in [1.54, 1.807) is 6.33 Å². The second-order valence-corrected chi connectivity index (χ2v) is 7.14. The average Bonchev–Trinajstić information content (AvgIpc) is 2.78. The number of allylic oxidation sites excluding steroid dienone is 1. The minimum atomic E-state index is 0.522. The first-order chi connectivity index (χ1) is 14.9. The van der Waals surface area contributed by atoms with Crippen molar-refractivity contribution >= 4 is 39.3 Å². The van der Waals surface area contributed by atoms with Crippen molar-refractivity contribution in [2.45, 2.75) is 19.3 Å². The predicted octanol–water partition coefficient (Wildman–Crippen LogP) is 4.85. The third-order valence-corrected chi connectivity index (χ3v) is 5.01. The molecule has 150 valence electrons. The predicted molar refractivity (Wildman–Crippen MR) is 119 cm³/mol. The van der Waals surface area contributed by atoms with Crippen LogP contribution in [-0.2, 0) is 0 Å². The largest absolute Gasteiger partial charge is 0.491 e. The lowest BCUT2D eigenvalue weighted by Gasteiger charge is -2.12. The molecule has 4 bridgehead atoms. The average molecular weight is 398 g/mol. The number of fused-ring (bicyclic) bond motifs is 2. The van der Waals surface area contributed by atoms with Crippen molar-refractivity contribution < 1.29 is 4.74 Å². The second kappa shape index (κ2) is 8.32. The summed E-state index contributed by atoms with van der Waals surface area (Å²) in [6.07, 6.45) is 10.7. The SMILES string of the molecule is C1=C/CCNc2ncnc3ccc(cc23)Nc2ncc3cccc(c3n2)OCCC/1. The van der Waals surface area contributed by atoms with E-state index < -0.39 is 0 Å². The van der Waals surface area contributed by atoms with E-state index in [0.717, 1.165) is 64.9 Å². The molecule has 30 heavy (non-hydrogen) atoms. The van der Waals surface area contributed by atoms with E-state index in [2.05, 4.69) is 37.7 Å². The Balaban J connectivity index is 1.56. The Morgan fingerprint density at radius 2 is 1.93 bits per heavy atom. The maximum atomic E-state index is 6.02. The second-order valence-electron chi connectivity index (χ2n) is 7.14.